The topological polar surface area (TPSA) is 67.9 Å². The van der Waals surface area contributed by atoms with Gasteiger partial charge < -0.3 is 19.7 Å². The summed E-state index contributed by atoms with van der Waals surface area (Å²) >= 11 is 5.89. The van der Waals surface area contributed by atoms with Gasteiger partial charge in [-0.2, -0.15) is 0 Å². The van der Waals surface area contributed by atoms with Crippen molar-refractivity contribution in [2.24, 2.45) is 0 Å². The number of esters is 2. The van der Waals surface area contributed by atoms with Crippen molar-refractivity contribution in [2.45, 2.75) is 38.3 Å². The van der Waals surface area contributed by atoms with Crippen LogP contribution in [0, 0.1) is 0 Å². The number of nitrogens with one attached hydrogen (secondary N) is 1. The summed E-state index contributed by atoms with van der Waals surface area (Å²) < 4.78 is 11.7. The molecule has 202 valence electrons. The first-order valence-electron chi connectivity index (χ1n) is 13.0. The van der Waals surface area contributed by atoms with Crippen LogP contribution in [0.2, 0.25) is 0 Å². The van der Waals surface area contributed by atoms with Crippen LogP contribution < -0.4 is 19.7 Å². The van der Waals surface area contributed by atoms with Gasteiger partial charge in [0.25, 0.3) is 0 Å². The van der Waals surface area contributed by atoms with E-state index < -0.39 is 17.5 Å². The average Bonchev–Trinajstić information content (AvgIpc) is 2.93. The highest BCUT2D eigenvalue weighted by atomic mass is 32.1. The molecule has 0 saturated carbocycles. The maximum absolute atomic E-state index is 13.3. The van der Waals surface area contributed by atoms with E-state index in [-0.39, 0.29) is 17.0 Å². The highest BCUT2D eigenvalue weighted by molar-refractivity contribution is 7.80. The van der Waals surface area contributed by atoms with Gasteiger partial charge >= 0.3 is 11.9 Å². The van der Waals surface area contributed by atoms with Gasteiger partial charge in [0.15, 0.2) is 5.11 Å². The Morgan fingerprint density at radius 1 is 0.750 bits per heavy atom. The molecule has 1 heterocycles. The second kappa shape index (κ2) is 10.9. The van der Waals surface area contributed by atoms with E-state index in [1.807, 2.05) is 48.5 Å². The van der Waals surface area contributed by atoms with Crippen molar-refractivity contribution in [2.75, 3.05) is 4.90 Å². The first-order chi connectivity index (χ1) is 19.2. The van der Waals surface area contributed by atoms with Crippen LogP contribution in [0.5, 0.6) is 11.5 Å². The first kappa shape index (κ1) is 27.1. The standard InChI is InChI=1S/C33H30N2O4S/c1-32(2)22-33(3,35(31(40)34-32)25-17-11-6-12-18-25)27-20-19-26(38-29(36)23-13-7-4-8-14-23)21-28(27)39-30(37)24-15-9-5-10-16-24/h4-21H,22H2,1-3H3,(H,34,40). The fourth-order valence-corrected chi connectivity index (χ4v) is 5.90. The van der Waals surface area contributed by atoms with E-state index in [4.69, 9.17) is 21.7 Å². The Morgan fingerprint density at radius 3 is 1.85 bits per heavy atom. The molecule has 4 aromatic rings. The molecule has 6 nitrogen and oxygen atoms in total. The third-order valence-electron chi connectivity index (χ3n) is 6.91. The predicted octanol–water partition coefficient (Wildman–Crippen LogP) is 6.90. The summed E-state index contributed by atoms with van der Waals surface area (Å²) in [5.74, 6) is -0.468. The van der Waals surface area contributed by atoms with Crippen molar-refractivity contribution in [3.63, 3.8) is 0 Å². The molecule has 1 aliphatic heterocycles. The molecule has 1 N–H and O–H groups in total. The van der Waals surface area contributed by atoms with Crippen LogP contribution in [-0.2, 0) is 5.54 Å². The quantitative estimate of drug-likeness (QED) is 0.159. The van der Waals surface area contributed by atoms with Crippen LogP contribution in [0.3, 0.4) is 0 Å². The largest absolute Gasteiger partial charge is 0.423 e. The fourth-order valence-electron chi connectivity index (χ4n) is 5.32. The van der Waals surface area contributed by atoms with Crippen molar-refractivity contribution < 1.29 is 19.1 Å². The third kappa shape index (κ3) is 5.60. The number of benzene rings is 4. The lowest BCUT2D eigenvalue weighted by atomic mass is 9.76. The molecule has 1 atom stereocenters. The van der Waals surface area contributed by atoms with E-state index in [1.54, 1.807) is 60.7 Å². The molecule has 0 amide bonds. The highest BCUT2D eigenvalue weighted by Gasteiger charge is 2.47. The number of rotatable bonds is 6. The van der Waals surface area contributed by atoms with Crippen LogP contribution in [0.1, 0.15) is 53.5 Å². The van der Waals surface area contributed by atoms with Crippen LogP contribution in [0.4, 0.5) is 5.69 Å². The number of nitrogens with zero attached hydrogens (tertiary/aromatic N) is 1. The second-order valence-corrected chi connectivity index (χ2v) is 11.0. The monoisotopic (exact) mass is 550 g/mol. The zero-order chi connectivity index (χ0) is 28.3. The molecule has 0 radical (unpaired) electrons. The SMILES string of the molecule is CC1(C)CC(C)(c2ccc(OC(=O)c3ccccc3)cc2OC(=O)c2ccccc2)N(c2ccccc2)C(=S)N1. The Hall–Kier alpha value is -4.49. The van der Waals surface area contributed by atoms with Crippen molar-refractivity contribution in [1.82, 2.24) is 5.32 Å². The average molecular weight is 551 g/mol. The minimum absolute atomic E-state index is 0.263. The van der Waals surface area contributed by atoms with Crippen molar-refractivity contribution in [3.8, 4) is 11.5 Å². The molecule has 4 aromatic carbocycles. The Morgan fingerprint density at radius 2 is 1.27 bits per heavy atom. The van der Waals surface area contributed by atoms with Gasteiger partial charge in [0.2, 0.25) is 0 Å². The fraction of sp³-hybridized carbons (Fsp3) is 0.182. The molecule has 0 spiro atoms. The number of para-hydroxylation sites is 1. The zero-order valence-corrected chi connectivity index (χ0v) is 23.4. The molecule has 5 rings (SSSR count). The summed E-state index contributed by atoms with van der Waals surface area (Å²) in [5.41, 5.74) is 1.39. The van der Waals surface area contributed by atoms with E-state index in [9.17, 15) is 9.59 Å². The number of hydrogen-bond acceptors (Lipinski definition) is 5. The summed E-state index contributed by atoms with van der Waals surface area (Å²) in [6.07, 6.45) is 0.633. The van der Waals surface area contributed by atoms with Gasteiger partial charge in [0, 0.05) is 22.9 Å². The van der Waals surface area contributed by atoms with Gasteiger partial charge in [-0.3, -0.25) is 0 Å². The lowest BCUT2D eigenvalue weighted by Gasteiger charge is -2.53. The van der Waals surface area contributed by atoms with Crippen molar-refractivity contribution in [1.29, 1.82) is 0 Å². The smallest absolute Gasteiger partial charge is 0.343 e. The molecule has 40 heavy (non-hydrogen) atoms. The van der Waals surface area contributed by atoms with Crippen LogP contribution in [-0.4, -0.2) is 22.6 Å². The maximum Gasteiger partial charge on any atom is 0.343 e. The van der Waals surface area contributed by atoms with Gasteiger partial charge in [-0.1, -0.05) is 54.6 Å². The molecule has 0 aromatic heterocycles. The summed E-state index contributed by atoms with van der Waals surface area (Å²) in [5, 5.41) is 4.01. The van der Waals surface area contributed by atoms with Gasteiger partial charge in [-0.05, 0) is 87.9 Å². The number of hydrogen-bond donors (Lipinski definition) is 1. The van der Waals surface area contributed by atoms with Gasteiger partial charge in [-0.25, -0.2) is 9.59 Å². The summed E-state index contributed by atoms with van der Waals surface area (Å²) in [6.45, 7) is 6.26. The number of anilines is 1. The van der Waals surface area contributed by atoms with E-state index in [1.165, 1.54) is 0 Å². The predicted molar refractivity (Wildman–Crippen MR) is 160 cm³/mol. The molecule has 7 heteroatoms. The van der Waals surface area contributed by atoms with Crippen molar-refractivity contribution in [3.05, 3.63) is 126 Å². The molecule has 1 fully saturated rings. The van der Waals surface area contributed by atoms with Gasteiger partial charge in [0.05, 0.1) is 16.7 Å². The second-order valence-electron chi connectivity index (χ2n) is 10.6. The van der Waals surface area contributed by atoms with Gasteiger partial charge in [-0.15, -0.1) is 0 Å². The third-order valence-corrected chi connectivity index (χ3v) is 7.19. The Labute approximate surface area is 239 Å². The molecular formula is C33H30N2O4S. The number of ether oxygens (including phenoxy) is 2. The summed E-state index contributed by atoms with van der Waals surface area (Å²) in [7, 11) is 0. The molecule has 1 saturated heterocycles. The Kier molecular flexibility index (Phi) is 7.41. The van der Waals surface area contributed by atoms with Crippen LogP contribution in [0.15, 0.2) is 109 Å². The Bertz CT molecular complexity index is 1540. The molecule has 1 unspecified atom stereocenters. The summed E-state index contributed by atoms with van der Waals surface area (Å²) in [6, 6.07) is 32.6. The zero-order valence-electron chi connectivity index (χ0n) is 22.6. The number of carbonyl (C=O) groups excluding carboxylic acids is 2. The minimum atomic E-state index is -0.721. The lowest BCUT2D eigenvalue weighted by molar-refractivity contribution is 0.0729. The molecular weight excluding hydrogens is 520 g/mol. The molecule has 0 bridgehead atoms. The van der Waals surface area contributed by atoms with E-state index in [0.717, 1.165) is 11.3 Å². The minimum Gasteiger partial charge on any atom is -0.423 e. The number of thiocarbonyl (C=S) groups is 1. The van der Waals surface area contributed by atoms with E-state index in [2.05, 4.69) is 31.0 Å². The number of carbonyl (C=O) groups is 2. The van der Waals surface area contributed by atoms with Gasteiger partial charge in [0.1, 0.15) is 11.5 Å². The maximum atomic E-state index is 13.3. The van der Waals surface area contributed by atoms with E-state index >= 15 is 0 Å². The highest BCUT2D eigenvalue weighted by Crippen LogP contribution is 2.46. The summed E-state index contributed by atoms with van der Waals surface area (Å²) in [4.78, 5) is 28.1. The Balaban J connectivity index is 1.61. The molecule has 0 aliphatic carbocycles. The van der Waals surface area contributed by atoms with Crippen molar-refractivity contribution >= 4 is 35.0 Å². The first-order valence-corrected chi connectivity index (χ1v) is 13.4. The normalized spacial score (nSPS) is 18.0. The van der Waals surface area contributed by atoms with Crippen LogP contribution in [0.25, 0.3) is 0 Å². The van der Waals surface area contributed by atoms with E-state index in [0.29, 0.717) is 22.7 Å². The van der Waals surface area contributed by atoms with Crippen LogP contribution >= 0.6 is 12.2 Å². The lowest BCUT2D eigenvalue weighted by Crippen LogP contribution is -2.65. The molecule has 1 aliphatic rings.